The minimum atomic E-state index is -1.19. The van der Waals surface area contributed by atoms with Crippen LogP contribution in [0.15, 0.2) is 18.2 Å². The topological polar surface area (TPSA) is 57.5 Å². The second-order valence-electron chi connectivity index (χ2n) is 2.47. The van der Waals surface area contributed by atoms with Crippen molar-refractivity contribution in [1.82, 2.24) is 0 Å². The van der Waals surface area contributed by atoms with Gasteiger partial charge in [0, 0.05) is 0 Å². The third-order valence-corrected chi connectivity index (χ3v) is 1.21. The summed E-state index contributed by atoms with van der Waals surface area (Å²) in [4.78, 5) is 9.12. The second kappa shape index (κ2) is 6.04. The number of aliphatic hydroxyl groups is 1. The molecule has 0 unspecified atom stereocenters. The van der Waals surface area contributed by atoms with Gasteiger partial charge in [0.25, 0.3) is 0 Å². The number of carboxylic acid groups (broad SMARTS) is 1. The third kappa shape index (κ3) is 5.21. The quantitative estimate of drug-likeness (QED) is 0.725. The lowest BCUT2D eigenvalue weighted by molar-refractivity contribution is -0.140. The molecule has 0 saturated heterocycles. The molecule has 0 saturated carbocycles. The van der Waals surface area contributed by atoms with Gasteiger partial charge in [-0.25, -0.2) is 13.6 Å². The van der Waals surface area contributed by atoms with Gasteiger partial charge in [0.1, 0.15) is 6.61 Å². The zero-order valence-electron chi connectivity index (χ0n) is 7.50. The normalized spacial score (nSPS) is 8.86. The highest BCUT2D eigenvalue weighted by Crippen LogP contribution is 2.06. The van der Waals surface area contributed by atoms with Crippen LogP contribution in [0.3, 0.4) is 0 Å². The van der Waals surface area contributed by atoms with Gasteiger partial charge in [-0.2, -0.15) is 0 Å². The van der Waals surface area contributed by atoms with Gasteiger partial charge in [0.2, 0.25) is 0 Å². The van der Waals surface area contributed by atoms with Crippen molar-refractivity contribution in [2.45, 2.75) is 6.92 Å². The molecule has 0 radical (unpaired) electrons. The van der Waals surface area contributed by atoms with Crippen molar-refractivity contribution in [3.8, 4) is 0 Å². The van der Waals surface area contributed by atoms with Crippen molar-refractivity contribution >= 4 is 5.97 Å². The van der Waals surface area contributed by atoms with E-state index in [-0.39, 0.29) is 0 Å². The van der Waals surface area contributed by atoms with E-state index in [1.807, 2.05) is 0 Å². The van der Waals surface area contributed by atoms with E-state index < -0.39 is 24.2 Å². The van der Waals surface area contributed by atoms with Crippen LogP contribution in [-0.2, 0) is 4.79 Å². The summed E-state index contributed by atoms with van der Waals surface area (Å²) in [6, 6.07) is 3.80. The minimum absolute atomic E-state index is 0.730. The molecule has 5 heteroatoms. The number of hydrogen-bond donors (Lipinski definition) is 2. The van der Waals surface area contributed by atoms with Gasteiger partial charge in [0.05, 0.1) is 0 Å². The Morgan fingerprint density at radius 2 is 1.86 bits per heavy atom. The van der Waals surface area contributed by atoms with Gasteiger partial charge in [0.15, 0.2) is 11.6 Å². The highest BCUT2D eigenvalue weighted by Gasteiger charge is 1.97. The van der Waals surface area contributed by atoms with E-state index in [0.29, 0.717) is 0 Å². The van der Waals surface area contributed by atoms with Crippen LogP contribution in [0.4, 0.5) is 8.78 Å². The van der Waals surface area contributed by atoms with E-state index in [4.69, 9.17) is 15.0 Å². The lowest BCUT2D eigenvalue weighted by atomic mass is 10.2. The molecule has 1 aromatic carbocycles. The zero-order chi connectivity index (χ0) is 11.1. The Balaban J connectivity index is 0.000000292. The van der Waals surface area contributed by atoms with Crippen molar-refractivity contribution < 1.29 is 23.8 Å². The molecule has 0 atom stereocenters. The number of aliphatic hydroxyl groups excluding tert-OH is 1. The smallest absolute Gasteiger partial charge is 0.329 e. The summed E-state index contributed by atoms with van der Waals surface area (Å²) in [6.45, 7) is 0.933. The molecule has 78 valence electrons. The maximum absolute atomic E-state index is 12.2. The maximum atomic E-state index is 12.2. The van der Waals surface area contributed by atoms with Crippen molar-refractivity contribution in [3.05, 3.63) is 35.4 Å². The van der Waals surface area contributed by atoms with Crippen molar-refractivity contribution in [2.75, 3.05) is 6.61 Å². The highest BCUT2D eigenvalue weighted by molar-refractivity contribution is 5.67. The summed E-state index contributed by atoms with van der Waals surface area (Å²) < 4.78 is 24.3. The monoisotopic (exact) mass is 204 g/mol. The van der Waals surface area contributed by atoms with Crippen LogP contribution >= 0.6 is 0 Å². The number of hydrogen-bond acceptors (Lipinski definition) is 2. The molecule has 0 heterocycles. The Morgan fingerprint density at radius 1 is 1.36 bits per heavy atom. The van der Waals surface area contributed by atoms with Gasteiger partial charge in [-0.05, 0) is 24.6 Å². The largest absolute Gasteiger partial charge is 0.480 e. The Kier molecular flexibility index (Phi) is 5.40. The molecule has 0 aliphatic carbocycles. The lowest BCUT2D eigenvalue weighted by Crippen LogP contribution is -1.98. The van der Waals surface area contributed by atoms with E-state index >= 15 is 0 Å². The first-order valence-corrected chi connectivity index (χ1v) is 3.71. The first-order chi connectivity index (χ1) is 6.47. The first kappa shape index (κ1) is 12.5. The lowest BCUT2D eigenvalue weighted by Gasteiger charge is -1.91. The van der Waals surface area contributed by atoms with Crippen LogP contribution < -0.4 is 0 Å². The number of benzene rings is 1. The Labute approximate surface area is 79.6 Å². The Bertz CT molecular complexity index is 313. The zero-order valence-corrected chi connectivity index (χ0v) is 7.50. The van der Waals surface area contributed by atoms with Gasteiger partial charge in [-0.3, -0.25) is 0 Å². The molecular formula is C9H10F2O3. The van der Waals surface area contributed by atoms with Crippen LogP contribution in [-0.4, -0.2) is 22.8 Å². The molecule has 0 aliphatic rings. The van der Waals surface area contributed by atoms with Crippen molar-refractivity contribution in [2.24, 2.45) is 0 Å². The molecule has 0 spiro atoms. The van der Waals surface area contributed by atoms with E-state index in [1.165, 1.54) is 6.07 Å². The van der Waals surface area contributed by atoms with E-state index in [9.17, 15) is 8.78 Å². The van der Waals surface area contributed by atoms with Crippen LogP contribution in [0.1, 0.15) is 5.56 Å². The van der Waals surface area contributed by atoms with Gasteiger partial charge in [-0.1, -0.05) is 6.07 Å². The minimum Gasteiger partial charge on any atom is -0.480 e. The fourth-order valence-electron chi connectivity index (χ4n) is 0.601. The number of halogens is 2. The highest BCUT2D eigenvalue weighted by atomic mass is 19.2. The molecule has 0 fully saturated rings. The molecular weight excluding hydrogens is 194 g/mol. The van der Waals surface area contributed by atoms with Crippen LogP contribution in [0.25, 0.3) is 0 Å². The number of aryl methyl sites for hydroxylation is 1. The summed E-state index contributed by atoms with van der Waals surface area (Å²) in [6.07, 6.45) is 0. The fourth-order valence-corrected chi connectivity index (χ4v) is 0.601. The Hall–Kier alpha value is -1.49. The van der Waals surface area contributed by atoms with E-state index in [1.54, 1.807) is 6.92 Å². The first-order valence-electron chi connectivity index (χ1n) is 3.71. The van der Waals surface area contributed by atoms with E-state index in [0.717, 1.165) is 17.7 Å². The fraction of sp³-hybridized carbons (Fsp3) is 0.222. The molecule has 3 nitrogen and oxygen atoms in total. The summed E-state index contributed by atoms with van der Waals surface area (Å²) >= 11 is 0. The SMILES string of the molecule is Cc1ccc(F)c(F)c1.O=C(O)CO. The maximum Gasteiger partial charge on any atom is 0.329 e. The number of rotatable bonds is 1. The number of aliphatic carboxylic acids is 1. The standard InChI is InChI=1S/C7H6F2.C2H4O3/c1-5-2-3-6(8)7(9)4-5;3-1-2(4)5/h2-4H,1H3;3H,1H2,(H,4,5). The van der Waals surface area contributed by atoms with Gasteiger partial charge >= 0.3 is 5.97 Å². The average Bonchev–Trinajstić information content (AvgIpc) is 2.13. The average molecular weight is 204 g/mol. The molecule has 1 rings (SSSR count). The summed E-state index contributed by atoms with van der Waals surface area (Å²) in [5, 5.41) is 15.0. The molecule has 0 aliphatic heterocycles. The Morgan fingerprint density at radius 3 is 2.14 bits per heavy atom. The second-order valence-corrected chi connectivity index (χ2v) is 2.47. The summed E-state index contributed by atoms with van der Waals surface area (Å²) in [5.74, 6) is -2.76. The van der Waals surface area contributed by atoms with Crippen LogP contribution in [0.5, 0.6) is 0 Å². The van der Waals surface area contributed by atoms with Crippen molar-refractivity contribution in [1.29, 1.82) is 0 Å². The van der Waals surface area contributed by atoms with E-state index in [2.05, 4.69) is 0 Å². The molecule has 0 amide bonds. The molecule has 0 bridgehead atoms. The molecule has 0 aromatic heterocycles. The molecule has 14 heavy (non-hydrogen) atoms. The van der Waals surface area contributed by atoms with Crippen LogP contribution in [0, 0.1) is 18.6 Å². The molecule has 2 N–H and O–H groups in total. The summed E-state index contributed by atoms with van der Waals surface area (Å²) in [5.41, 5.74) is 0.730. The number of carboxylic acids is 1. The van der Waals surface area contributed by atoms with Gasteiger partial charge in [-0.15, -0.1) is 0 Å². The molecule has 1 aromatic rings. The van der Waals surface area contributed by atoms with Gasteiger partial charge < -0.3 is 10.2 Å². The van der Waals surface area contributed by atoms with Crippen molar-refractivity contribution in [3.63, 3.8) is 0 Å². The predicted molar refractivity (Wildman–Crippen MR) is 45.8 cm³/mol. The summed E-state index contributed by atoms with van der Waals surface area (Å²) in [7, 11) is 0. The number of carbonyl (C=O) groups is 1. The van der Waals surface area contributed by atoms with Crippen LogP contribution in [0.2, 0.25) is 0 Å². The predicted octanol–water partition coefficient (Wildman–Crippen LogP) is 1.34. The third-order valence-electron chi connectivity index (χ3n) is 1.21.